The van der Waals surface area contributed by atoms with E-state index in [0.29, 0.717) is 11.8 Å². The van der Waals surface area contributed by atoms with Crippen molar-refractivity contribution in [2.24, 2.45) is 5.92 Å². The van der Waals surface area contributed by atoms with Gasteiger partial charge in [-0.1, -0.05) is 42.5 Å². The minimum atomic E-state index is -0.00382. The molecule has 0 saturated heterocycles. The normalized spacial score (nSPS) is 20.1. The number of amides is 1. The molecule has 5 rings (SSSR count). The first-order chi connectivity index (χ1) is 16.0. The molecule has 0 bridgehead atoms. The molecule has 3 aromatic rings. The second kappa shape index (κ2) is 9.30. The van der Waals surface area contributed by atoms with E-state index < -0.39 is 0 Å². The molecule has 1 amide bonds. The van der Waals surface area contributed by atoms with E-state index in [-0.39, 0.29) is 11.9 Å². The van der Waals surface area contributed by atoms with Crippen molar-refractivity contribution < 1.29 is 14.3 Å². The predicted molar refractivity (Wildman–Crippen MR) is 130 cm³/mol. The van der Waals surface area contributed by atoms with Gasteiger partial charge in [-0.2, -0.15) is 0 Å². The maximum absolute atomic E-state index is 11.3. The van der Waals surface area contributed by atoms with Gasteiger partial charge in [0.25, 0.3) is 0 Å². The quantitative estimate of drug-likeness (QED) is 0.400. The highest BCUT2D eigenvalue weighted by atomic mass is 16.5. The van der Waals surface area contributed by atoms with Crippen molar-refractivity contribution in [1.82, 2.24) is 5.32 Å². The van der Waals surface area contributed by atoms with Crippen LogP contribution in [0.1, 0.15) is 67.7 Å². The summed E-state index contributed by atoms with van der Waals surface area (Å²) in [5, 5.41) is 2.94. The van der Waals surface area contributed by atoms with E-state index in [4.69, 9.17) is 9.47 Å². The van der Waals surface area contributed by atoms with Gasteiger partial charge in [-0.25, -0.2) is 0 Å². The monoisotopic (exact) mass is 441 g/mol. The Bertz CT molecular complexity index is 1100. The van der Waals surface area contributed by atoms with Crippen LogP contribution < -0.4 is 14.8 Å². The van der Waals surface area contributed by atoms with Crippen LogP contribution in [0, 0.1) is 5.92 Å². The van der Waals surface area contributed by atoms with Crippen LogP contribution in [0.15, 0.2) is 72.8 Å². The fraction of sp³-hybridized carbons (Fsp3) is 0.345. The van der Waals surface area contributed by atoms with Gasteiger partial charge in [-0.05, 0) is 84.9 Å². The van der Waals surface area contributed by atoms with Crippen molar-refractivity contribution in [2.45, 2.75) is 51.0 Å². The Morgan fingerprint density at radius 1 is 0.909 bits per heavy atom. The Labute approximate surface area is 195 Å². The zero-order valence-electron chi connectivity index (χ0n) is 19.3. The molecule has 0 radical (unpaired) electrons. The molecule has 4 heteroatoms. The fourth-order valence-electron chi connectivity index (χ4n) is 4.40. The molecule has 0 spiro atoms. The lowest BCUT2D eigenvalue weighted by atomic mass is 10.0. The molecule has 3 atom stereocenters. The highest BCUT2D eigenvalue weighted by molar-refractivity contribution is 5.73. The smallest absolute Gasteiger partial charge is 0.217 e. The maximum Gasteiger partial charge on any atom is 0.217 e. The van der Waals surface area contributed by atoms with E-state index in [1.165, 1.54) is 30.4 Å². The molecular weight excluding hydrogens is 410 g/mol. The van der Waals surface area contributed by atoms with Crippen LogP contribution in [-0.2, 0) is 4.79 Å². The third kappa shape index (κ3) is 5.57. The van der Waals surface area contributed by atoms with Gasteiger partial charge in [0.05, 0.1) is 12.6 Å². The predicted octanol–water partition coefficient (Wildman–Crippen LogP) is 6.74. The van der Waals surface area contributed by atoms with Crippen LogP contribution in [-0.4, -0.2) is 12.5 Å². The molecule has 3 aromatic carbocycles. The Balaban J connectivity index is 1.17. The van der Waals surface area contributed by atoms with Crippen LogP contribution in [0.25, 0.3) is 0 Å². The standard InChI is InChI=1S/C29H31NO3/c1-19(30-20(2)31)22-8-10-23(11-9-22)28-17-29(28)24-12-14-25(15-13-24)33-27-5-3-4-26(16-27)32-18-21-6-7-21/h3-5,8-16,19,21,28-29H,6-7,17-18H2,1-2H3,(H,30,31). The van der Waals surface area contributed by atoms with Crippen LogP contribution in [0.4, 0.5) is 0 Å². The lowest BCUT2D eigenvalue weighted by Gasteiger charge is -2.13. The summed E-state index contributed by atoms with van der Waals surface area (Å²) in [5.74, 6) is 4.35. The van der Waals surface area contributed by atoms with Crippen LogP contribution in [0.3, 0.4) is 0 Å². The van der Waals surface area contributed by atoms with Crippen molar-refractivity contribution in [3.8, 4) is 17.2 Å². The summed E-state index contributed by atoms with van der Waals surface area (Å²) in [7, 11) is 0. The van der Waals surface area contributed by atoms with Gasteiger partial charge < -0.3 is 14.8 Å². The van der Waals surface area contributed by atoms with Gasteiger partial charge in [-0.15, -0.1) is 0 Å². The third-order valence-electron chi connectivity index (χ3n) is 6.61. The highest BCUT2D eigenvalue weighted by Gasteiger charge is 2.39. The minimum Gasteiger partial charge on any atom is -0.493 e. The summed E-state index contributed by atoms with van der Waals surface area (Å²) >= 11 is 0. The zero-order valence-corrected chi connectivity index (χ0v) is 19.3. The number of carbonyl (C=O) groups excluding carboxylic acids is 1. The average molecular weight is 442 g/mol. The second-order valence-electron chi connectivity index (χ2n) is 9.44. The van der Waals surface area contributed by atoms with E-state index in [1.54, 1.807) is 6.92 Å². The Hall–Kier alpha value is -3.27. The zero-order chi connectivity index (χ0) is 22.8. The van der Waals surface area contributed by atoms with E-state index in [0.717, 1.165) is 35.3 Å². The number of carbonyl (C=O) groups is 1. The Morgan fingerprint density at radius 3 is 2.18 bits per heavy atom. The number of hydrogen-bond acceptors (Lipinski definition) is 3. The van der Waals surface area contributed by atoms with Gasteiger partial charge in [0.15, 0.2) is 0 Å². The SMILES string of the molecule is CC(=O)NC(C)c1ccc(C2CC2c2ccc(Oc3cccc(OCC4CC4)c3)cc2)cc1. The third-order valence-corrected chi connectivity index (χ3v) is 6.61. The molecule has 0 aliphatic heterocycles. The van der Waals surface area contributed by atoms with Gasteiger partial charge in [-0.3, -0.25) is 4.79 Å². The first-order valence-electron chi connectivity index (χ1n) is 11.9. The summed E-state index contributed by atoms with van der Waals surface area (Å²) < 4.78 is 11.9. The molecule has 170 valence electrons. The molecule has 4 nitrogen and oxygen atoms in total. The first kappa shape index (κ1) is 21.6. The van der Waals surface area contributed by atoms with E-state index in [1.807, 2.05) is 31.2 Å². The Kier molecular flexibility index (Phi) is 6.08. The topological polar surface area (TPSA) is 47.6 Å². The molecule has 2 aliphatic rings. The van der Waals surface area contributed by atoms with Gasteiger partial charge in [0.2, 0.25) is 5.91 Å². The van der Waals surface area contributed by atoms with Gasteiger partial charge in [0.1, 0.15) is 17.2 Å². The number of rotatable bonds is 9. The van der Waals surface area contributed by atoms with E-state index >= 15 is 0 Å². The maximum atomic E-state index is 11.3. The molecule has 2 saturated carbocycles. The van der Waals surface area contributed by atoms with Crippen molar-refractivity contribution in [1.29, 1.82) is 0 Å². The molecule has 33 heavy (non-hydrogen) atoms. The number of benzene rings is 3. The highest BCUT2D eigenvalue weighted by Crippen LogP contribution is 2.54. The number of ether oxygens (including phenoxy) is 2. The molecule has 2 fully saturated rings. The molecule has 3 unspecified atom stereocenters. The summed E-state index contributed by atoms with van der Waals surface area (Å²) in [6, 6.07) is 25.1. The second-order valence-corrected chi connectivity index (χ2v) is 9.44. The summed E-state index contributed by atoms with van der Waals surface area (Å²) in [5.41, 5.74) is 3.85. The van der Waals surface area contributed by atoms with Crippen LogP contribution in [0.2, 0.25) is 0 Å². The molecule has 1 N–H and O–H groups in total. The largest absolute Gasteiger partial charge is 0.493 e. The average Bonchev–Trinajstić information content (AvgIpc) is 3.73. The lowest BCUT2D eigenvalue weighted by Crippen LogP contribution is -2.23. The Morgan fingerprint density at radius 2 is 1.55 bits per heavy atom. The van der Waals surface area contributed by atoms with Crippen molar-refractivity contribution in [3.05, 3.63) is 89.5 Å². The van der Waals surface area contributed by atoms with Crippen LogP contribution in [0.5, 0.6) is 17.2 Å². The minimum absolute atomic E-state index is 0.00382. The van der Waals surface area contributed by atoms with Gasteiger partial charge >= 0.3 is 0 Å². The fourth-order valence-corrected chi connectivity index (χ4v) is 4.40. The lowest BCUT2D eigenvalue weighted by molar-refractivity contribution is -0.119. The van der Waals surface area contributed by atoms with Gasteiger partial charge in [0, 0.05) is 13.0 Å². The van der Waals surface area contributed by atoms with E-state index in [9.17, 15) is 4.79 Å². The summed E-state index contributed by atoms with van der Waals surface area (Å²) in [6.45, 7) is 4.37. The molecule has 2 aliphatic carbocycles. The molecule has 0 aromatic heterocycles. The molecule has 0 heterocycles. The molecular formula is C29H31NO3. The van der Waals surface area contributed by atoms with Crippen molar-refractivity contribution in [3.63, 3.8) is 0 Å². The van der Waals surface area contributed by atoms with Crippen molar-refractivity contribution >= 4 is 5.91 Å². The van der Waals surface area contributed by atoms with Crippen molar-refractivity contribution in [2.75, 3.05) is 6.61 Å². The summed E-state index contributed by atoms with van der Waals surface area (Å²) in [4.78, 5) is 11.3. The first-order valence-corrected chi connectivity index (χ1v) is 11.9. The van der Waals surface area contributed by atoms with E-state index in [2.05, 4.69) is 53.8 Å². The number of hydrogen-bond donors (Lipinski definition) is 1. The van der Waals surface area contributed by atoms with Crippen LogP contribution >= 0.6 is 0 Å². The number of nitrogens with one attached hydrogen (secondary N) is 1. The summed E-state index contributed by atoms with van der Waals surface area (Å²) in [6.07, 6.45) is 3.74.